The Kier molecular flexibility index (Phi) is 21.0. The molecule has 0 aromatic carbocycles. The number of hydrogen-bond donors (Lipinski definition) is 1. The van der Waals surface area contributed by atoms with Crippen LogP contribution in [0, 0.1) is 0 Å². The van der Waals surface area contributed by atoms with Crippen LogP contribution < -0.4 is 5.73 Å². The van der Waals surface area contributed by atoms with E-state index in [1.54, 1.807) is 4.90 Å². The lowest BCUT2D eigenvalue weighted by atomic mass is 10.1. The van der Waals surface area contributed by atoms with Gasteiger partial charge in [0.25, 0.3) is 0 Å². The smallest absolute Gasteiger partial charge is 0.222 e. The first kappa shape index (κ1) is 25.2. The van der Waals surface area contributed by atoms with Crippen LogP contribution in [-0.4, -0.2) is 30.8 Å². The van der Waals surface area contributed by atoms with E-state index in [1.165, 1.54) is 57.8 Å². The van der Waals surface area contributed by atoms with Crippen LogP contribution in [0.3, 0.4) is 0 Å². The maximum atomic E-state index is 11.1. The van der Waals surface area contributed by atoms with Crippen molar-refractivity contribution in [2.75, 3.05) is 14.1 Å². The lowest BCUT2D eigenvalue weighted by Gasteiger charge is -2.09. The lowest BCUT2D eigenvalue weighted by molar-refractivity contribution is -0.128. The molecule has 0 aliphatic heterocycles. The molecule has 4 heteroatoms. The number of nitrogens with two attached hydrogens (primary N) is 1. The van der Waals surface area contributed by atoms with Crippen LogP contribution in [0.25, 0.3) is 0 Å². The number of hydrogen-bond acceptors (Lipinski definition) is 2. The van der Waals surface area contributed by atoms with E-state index in [4.69, 9.17) is 5.73 Å². The lowest BCUT2D eigenvalue weighted by Crippen LogP contribution is -2.20. The van der Waals surface area contributed by atoms with Gasteiger partial charge < -0.3 is 10.6 Å². The second-order valence-electron chi connectivity index (χ2n) is 6.79. The highest BCUT2D eigenvalue weighted by molar-refractivity contribution is 5.75. The molecule has 0 fully saturated rings. The average Bonchev–Trinajstić information content (AvgIpc) is 2.54. The molecule has 0 saturated heterocycles. The Labute approximate surface area is 150 Å². The second-order valence-corrected chi connectivity index (χ2v) is 6.79. The minimum atomic E-state index is -0.163. The zero-order valence-corrected chi connectivity index (χ0v) is 16.7. The molecule has 0 aliphatic carbocycles. The zero-order chi connectivity index (χ0) is 18.6. The normalized spacial score (nSPS) is 10.0. The maximum absolute atomic E-state index is 11.1. The average molecular weight is 343 g/mol. The van der Waals surface area contributed by atoms with Crippen LogP contribution >= 0.6 is 0 Å². The molecule has 0 aromatic rings. The van der Waals surface area contributed by atoms with Crippen molar-refractivity contribution in [2.45, 2.75) is 104 Å². The van der Waals surface area contributed by atoms with Gasteiger partial charge >= 0.3 is 0 Å². The van der Waals surface area contributed by atoms with Crippen molar-refractivity contribution < 1.29 is 9.59 Å². The van der Waals surface area contributed by atoms with Crippen molar-refractivity contribution >= 4 is 11.8 Å². The third-order valence-corrected chi connectivity index (χ3v) is 4.02. The zero-order valence-electron chi connectivity index (χ0n) is 16.7. The quantitative estimate of drug-likeness (QED) is 0.449. The molecule has 0 radical (unpaired) electrons. The standard InChI is InChI=1S/2C10H21NO/c1-4-5-6-7-8-9-10(12)11(2)3;1-2-3-4-5-6-7-8-9-10(11)12/h4-9H2,1-3H3;2-9H2,1H3,(H2,11,12). The van der Waals surface area contributed by atoms with Crippen LogP contribution in [0.15, 0.2) is 0 Å². The van der Waals surface area contributed by atoms with Gasteiger partial charge in [-0.15, -0.1) is 0 Å². The van der Waals surface area contributed by atoms with Crippen LogP contribution in [0.1, 0.15) is 104 Å². The van der Waals surface area contributed by atoms with E-state index >= 15 is 0 Å². The number of amides is 2. The molecule has 0 aromatic heterocycles. The van der Waals surface area contributed by atoms with E-state index < -0.39 is 0 Å². The Balaban J connectivity index is 0. The van der Waals surface area contributed by atoms with Crippen molar-refractivity contribution in [3.05, 3.63) is 0 Å². The highest BCUT2D eigenvalue weighted by atomic mass is 16.2. The summed E-state index contributed by atoms with van der Waals surface area (Å²) in [6, 6.07) is 0. The summed E-state index contributed by atoms with van der Waals surface area (Å²) in [6.07, 6.45) is 16.1. The summed E-state index contributed by atoms with van der Waals surface area (Å²) in [7, 11) is 3.63. The predicted molar refractivity (Wildman–Crippen MR) is 104 cm³/mol. The third kappa shape index (κ3) is 23.2. The van der Waals surface area contributed by atoms with Crippen molar-refractivity contribution in [3.8, 4) is 0 Å². The summed E-state index contributed by atoms with van der Waals surface area (Å²) >= 11 is 0. The van der Waals surface area contributed by atoms with E-state index in [9.17, 15) is 9.59 Å². The van der Waals surface area contributed by atoms with Gasteiger partial charge in [-0.3, -0.25) is 9.59 Å². The van der Waals surface area contributed by atoms with Crippen LogP contribution in [0.5, 0.6) is 0 Å². The second kappa shape index (κ2) is 20.0. The molecule has 0 spiro atoms. The van der Waals surface area contributed by atoms with E-state index in [0.29, 0.717) is 6.42 Å². The molecule has 0 aliphatic rings. The Hall–Kier alpha value is -1.06. The van der Waals surface area contributed by atoms with Gasteiger partial charge in [0, 0.05) is 26.9 Å². The number of rotatable bonds is 14. The monoisotopic (exact) mass is 342 g/mol. The van der Waals surface area contributed by atoms with E-state index in [2.05, 4.69) is 13.8 Å². The number of nitrogens with zero attached hydrogens (tertiary/aromatic N) is 1. The molecule has 0 atom stereocenters. The fraction of sp³-hybridized carbons (Fsp3) is 0.900. The fourth-order valence-electron chi connectivity index (χ4n) is 2.36. The summed E-state index contributed by atoms with van der Waals surface area (Å²) in [6.45, 7) is 4.41. The summed E-state index contributed by atoms with van der Waals surface area (Å²) in [5.74, 6) is 0.0926. The molecule has 0 bridgehead atoms. The molecule has 4 nitrogen and oxygen atoms in total. The van der Waals surface area contributed by atoms with Gasteiger partial charge in [0.05, 0.1) is 0 Å². The van der Waals surface area contributed by atoms with Crippen molar-refractivity contribution in [1.82, 2.24) is 4.90 Å². The topological polar surface area (TPSA) is 63.4 Å². The summed E-state index contributed by atoms with van der Waals surface area (Å²) in [5, 5.41) is 0. The van der Waals surface area contributed by atoms with Crippen LogP contribution in [0.4, 0.5) is 0 Å². The van der Waals surface area contributed by atoms with Crippen LogP contribution in [0.2, 0.25) is 0 Å². The molecule has 24 heavy (non-hydrogen) atoms. The molecule has 0 unspecified atom stereocenters. The highest BCUT2D eigenvalue weighted by Gasteiger charge is 2.01. The fourth-order valence-corrected chi connectivity index (χ4v) is 2.36. The van der Waals surface area contributed by atoms with Gasteiger partial charge in [0.1, 0.15) is 0 Å². The van der Waals surface area contributed by atoms with Crippen LogP contribution in [-0.2, 0) is 9.59 Å². The Morgan fingerprint density at radius 1 is 0.667 bits per heavy atom. The molecule has 144 valence electrons. The third-order valence-electron chi connectivity index (χ3n) is 4.02. The first-order valence-corrected chi connectivity index (χ1v) is 9.94. The minimum absolute atomic E-state index is 0.163. The molecular formula is C20H42N2O2. The maximum Gasteiger partial charge on any atom is 0.222 e. The van der Waals surface area contributed by atoms with E-state index in [1.807, 2.05) is 14.1 Å². The minimum Gasteiger partial charge on any atom is -0.370 e. The SMILES string of the molecule is CCCCCCCC(=O)N(C)C.CCCCCCCCCC(N)=O. The molecule has 2 amide bonds. The van der Waals surface area contributed by atoms with Gasteiger partial charge in [-0.1, -0.05) is 78.1 Å². The Morgan fingerprint density at radius 2 is 1.04 bits per heavy atom. The largest absolute Gasteiger partial charge is 0.370 e. The first-order valence-electron chi connectivity index (χ1n) is 9.94. The molecule has 2 N–H and O–H groups in total. The Morgan fingerprint density at radius 3 is 1.42 bits per heavy atom. The van der Waals surface area contributed by atoms with E-state index in [-0.39, 0.29) is 11.8 Å². The van der Waals surface area contributed by atoms with Crippen molar-refractivity contribution in [2.24, 2.45) is 5.73 Å². The summed E-state index contributed by atoms with van der Waals surface area (Å²) < 4.78 is 0. The molecule has 0 saturated carbocycles. The summed E-state index contributed by atoms with van der Waals surface area (Å²) in [4.78, 5) is 23.1. The number of carbonyl (C=O) groups excluding carboxylic acids is 2. The molecular weight excluding hydrogens is 300 g/mol. The van der Waals surface area contributed by atoms with Gasteiger partial charge in [-0.25, -0.2) is 0 Å². The molecule has 0 heterocycles. The number of primary amides is 1. The number of unbranched alkanes of at least 4 members (excludes halogenated alkanes) is 10. The highest BCUT2D eigenvalue weighted by Crippen LogP contribution is 2.08. The number of carbonyl (C=O) groups is 2. The summed E-state index contributed by atoms with van der Waals surface area (Å²) in [5.41, 5.74) is 5.02. The van der Waals surface area contributed by atoms with Crippen molar-refractivity contribution in [3.63, 3.8) is 0 Å². The van der Waals surface area contributed by atoms with Crippen molar-refractivity contribution in [1.29, 1.82) is 0 Å². The predicted octanol–water partition coefficient (Wildman–Crippen LogP) is 5.05. The van der Waals surface area contributed by atoms with Gasteiger partial charge in [-0.05, 0) is 12.8 Å². The van der Waals surface area contributed by atoms with E-state index in [0.717, 1.165) is 25.7 Å². The first-order chi connectivity index (χ1) is 11.5. The van der Waals surface area contributed by atoms with Gasteiger partial charge in [0.15, 0.2) is 0 Å². The molecule has 0 rings (SSSR count). The van der Waals surface area contributed by atoms with Gasteiger partial charge in [-0.2, -0.15) is 0 Å². The van der Waals surface area contributed by atoms with Gasteiger partial charge in [0.2, 0.25) is 11.8 Å². The Bertz CT molecular complexity index is 291.